The monoisotopic (exact) mass is 513 g/mol. The van der Waals surface area contributed by atoms with E-state index in [1.807, 2.05) is 53.2 Å². The summed E-state index contributed by atoms with van der Waals surface area (Å²) in [6.45, 7) is 0.401. The number of H-pyrrole nitrogens is 1. The minimum absolute atomic E-state index is 0. The average Bonchev–Trinajstić information content (AvgIpc) is 3.17. The molecule has 168 valence electrons. The summed E-state index contributed by atoms with van der Waals surface area (Å²) in [5.74, 6) is 0.763. The van der Waals surface area contributed by atoms with Gasteiger partial charge in [-0.1, -0.05) is 18.2 Å². The van der Waals surface area contributed by atoms with Crippen LogP contribution in [0.2, 0.25) is 0 Å². The summed E-state index contributed by atoms with van der Waals surface area (Å²) >= 11 is 0. The van der Waals surface area contributed by atoms with Crippen molar-refractivity contribution in [3.05, 3.63) is 90.3 Å². The first-order valence-corrected chi connectivity index (χ1v) is 10.0. The summed E-state index contributed by atoms with van der Waals surface area (Å²) < 4.78 is 46.2. The Kier molecular flexibility index (Phi) is 6.12. The number of hydrogen-bond acceptors (Lipinski definition) is 2. The van der Waals surface area contributed by atoms with E-state index in [0.29, 0.717) is 6.54 Å². The van der Waals surface area contributed by atoms with Crippen LogP contribution in [0.4, 0.5) is 13.2 Å². The highest BCUT2D eigenvalue weighted by molar-refractivity contribution is 6.10. The first-order valence-electron chi connectivity index (χ1n) is 10.0. The normalized spacial score (nSPS) is 11.5. The van der Waals surface area contributed by atoms with Crippen LogP contribution in [-0.2, 0) is 12.7 Å². The molecule has 8 heteroatoms. The van der Waals surface area contributed by atoms with Crippen molar-refractivity contribution in [1.82, 2.24) is 9.97 Å². The van der Waals surface area contributed by atoms with Crippen LogP contribution in [0.15, 0.2) is 79.1 Å². The van der Waals surface area contributed by atoms with Crippen molar-refractivity contribution in [3.63, 3.8) is 0 Å². The zero-order valence-corrected chi connectivity index (χ0v) is 19.1. The lowest BCUT2D eigenvalue weighted by atomic mass is 10.1. The highest BCUT2D eigenvalue weighted by Crippen LogP contribution is 2.33. The summed E-state index contributed by atoms with van der Waals surface area (Å²) in [7, 11) is 1.63. The molecule has 0 saturated carbocycles. The van der Waals surface area contributed by atoms with E-state index in [1.165, 1.54) is 12.1 Å². The molecule has 0 bridgehead atoms. The number of fused-ring (bicyclic) bond motifs is 3. The second-order valence-electron chi connectivity index (χ2n) is 7.53. The molecule has 33 heavy (non-hydrogen) atoms. The maximum absolute atomic E-state index is 12.9. The number of hydrogen-bond donors (Lipinski definition) is 1. The molecule has 0 saturated heterocycles. The van der Waals surface area contributed by atoms with Crippen LogP contribution in [0, 0.1) is 0 Å². The molecule has 5 rings (SSSR count). The van der Waals surface area contributed by atoms with Gasteiger partial charge < -0.3 is 26.7 Å². The van der Waals surface area contributed by atoms with Gasteiger partial charge in [-0.2, -0.15) is 17.7 Å². The van der Waals surface area contributed by atoms with Crippen molar-refractivity contribution >= 4 is 21.8 Å². The molecule has 1 N–H and O–H groups in total. The second-order valence-corrected chi connectivity index (χ2v) is 7.53. The summed E-state index contributed by atoms with van der Waals surface area (Å²) in [4.78, 5) is 8.02. The highest BCUT2D eigenvalue weighted by atomic mass is 79.9. The van der Waals surface area contributed by atoms with Gasteiger partial charge in [-0.25, -0.2) is 4.98 Å². The van der Waals surface area contributed by atoms with Crippen LogP contribution in [0.1, 0.15) is 11.1 Å². The predicted molar refractivity (Wildman–Crippen MR) is 116 cm³/mol. The Bertz CT molecular complexity index is 1410. The van der Waals surface area contributed by atoms with Crippen molar-refractivity contribution in [2.24, 2.45) is 0 Å². The zero-order chi connectivity index (χ0) is 22.3. The van der Waals surface area contributed by atoms with Crippen LogP contribution < -0.4 is 26.3 Å². The Hall–Kier alpha value is -3.39. The third-order valence-electron chi connectivity index (χ3n) is 5.53. The highest BCUT2D eigenvalue weighted by Gasteiger charge is 2.30. The lowest BCUT2D eigenvalue weighted by Crippen LogP contribution is -3.00. The molecular formula is C25H19BrF3N3O. The molecule has 2 aromatic carbocycles. The molecule has 0 unspecified atom stereocenters. The van der Waals surface area contributed by atoms with E-state index in [0.717, 1.165) is 56.6 Å². The summed E-state index contributed by atoms with van der Waals surface area (Å²) in [5, 5.41) is 2.04. The molecule has 0 spiro atoms. The van der Waals surface area contributed by atoms with Crippen molar-refractivity contribution < 1.29 is 39.5 Å². The van der Waals surface area contributed by atoms with Gasteiger partial charge in [-0.3, -0.25) is 0 Å². The molecule has 0 aliphatic carbocycles. The lowest BCUT2D eigenvalue weighted by Gasteiger charge is -2.08. The van der Waals surface area contributed by atoms with E-state index >= 15 is 0 Å². The molecule has 5 aromatic rings. The SMILES string of the molecule is COc1ccc2[nH]c3c(-c4ccccn4)[n+](Cc4ccc(C(F)(F)F)cc4)ccc3c2c1.[Br-]. The number of nitrogens with zero attached hydrogens (tertiary/aromatic N) is 2. The zero-order valence-electron chi connectivity index (χ0n) is 17.5. The maximum atomic E-state index is 12.9. The van der Waals surface area contributed by atoms with E-state index in [9.17, 15) is 13.2 Å². The van der Waals surface area contributed by atoms with Gasteiger partial charge >= 0.3 is 6.18 Å². The number of nitrogens with one attached hydrogen (secondary N) is 1. The first-order chi connectivity index (χ1) is 15.4. The number of halogens is 4. The molecule has 0 aliphatic heterocycles. The summed E-state index contributed by atoms with van der Waals surface area (Å²) in [6, 6.07) is 18.8. The molecule has 4 nitrogen and oxygen atoms in total. The number of pyridine rings is 2. The van der Waals surface area contributed by atoms with E-state index in [4.69, 9.17) is 4.74 Å². The van der Waals surface area contributed by atoms with Gasteiger partial charge in [0.05, 0.1) is 12.7 Å². The molecule has 0 atom stereocenters. The number of rotatable bonds is 4. The van der Waals surface area contributed by atoms with Gasteiger partial charge in [0.2, 0.25) is 0 Å². The molecule has 3 aromatic heterocycles. The second kappa shape index (κ2) is 8.86. The van der Waals surface area contributed by atoms with E-state index in [2.05, 4.69) is 9.97 Å². The van der Waals surface area contributed by atoms with Gasteiger partial charge in [0.25, 0.3) is 5.69 Å². The molecule has 0 aliphatic rings. The summed E-state index contributed by atoms with van der Waals surface area (Å²) in [6.07, 6.45) is -0.686. The molecular weight excluding hydrogens is 495 g/mol. The number of aromatic amines is 1. The summed E-state index contributed by atoms with van der Waals surface area (Å²) in [5.41, 5.74) is 3.60. The van der Waals surface area contributed by atoms with Crippen molar-refractivity contribution in [2.45, 2.75) is 12.7 Å². The topological polar surface area (TPSA) is 41.8 Å². The van der Waals surface area contributed by atoms with Gasteiger partial charge in [-0.05, 0) is 42.5 Å². The Morgan fingerprint density at radius 3 is 2.42 bits per heavy atom. The largest absolute Gasteiger partial charge is 1.00 e. The van der Waals surface area contributed by atoms with Crippen LogP contribution in [0.5, 0.6) is 5.75 Å². The predicted octanol–water partition coefficient (Wildman–Crippen LogP) is 2.75. The first kappa shape index (κ1) is 22.8. The fraction of sp³-hybridized carbons (Fsp3) is 0.120. The van der Waals surface area contributed by atoms with Crippen LogP contribution in [0.25, 0.3) is 33.2 Å². The maximum Gasteiger partial charge on any atom is 0.416 e. The third-order valence-corrected chi connectivity index (χ3v) is 5.53. The number of ether oxygens (including phenoxy) is 1. The molecule has 0 amide bonds. The molecule has 0 radical (unpaired) electrons. The Morgan fingerprint density at radius 2 is 1.76 bits per heavy atom. The fourth-order valence-electron chi connectivity index (χ4n) is 3.97. The Morgan fingerprint density at radius 1 is 0.970 bits per heavy atom. The van der Waals surface area contributed by atoms with Crippen molar-refractivity contribution in [1.29, 1.82) is 0 Å². The van der Waals surface area contributed by atoms with Crippen molar-refractivity contribution in [2.75, 3.05) is 7.11 Å². The van der Waals surface area contributed by atoms with Crippen LogP contribution in [-0.4, -0.2) is 17.1 Å². The number of aromatic nitrogens is 3. The Balaban J connectivity index is 0.00000259. The quantitative estimate of drug-likeness (QED) is 0.375. The van der Waals surface area contributed by atoms with E-state index < -0.39 is 11.7 Å². The third kappa shape index (κ3) is 4.30. The minimum Gasteiger partial charge on any atom is -1.00 e. The number of benzene rings is 2. The van der Waals surface area contributed by atoms with Crippen LogP contribution in [0.3, 0.4) is 0 Å². The molecule has 0 fully saturated rings. The van der Waals surface area contributed by atoms with Gasteiger partial charge in [0, 0.05) is 34.1 Å². The number of alkyl halides is 3. The number of methoxy groups -OCH3 is 1. The van der Waals surface area contributed by atoms with Gasteiger partial charge in [0.15, 0.2) is 12.7 Å². The van der Waals surface area contributed by atoms with Crippen molar-refractivity contribution in [3.8, 4) is 17.1 Å². The van der Waals surface area contributed by atoms with Gasteiger partial charge in [0.1, 0.15) is 17.0 Å². The smallest absolute Gasteiger partial charge is 0.416 e. The van der Waals surface area contributed by atoms with Crippen LogP contribution >= 0.6 is 0 Å². The Labute approximate surface area is 198 Å². The standard InChI is InChI=1S/C25H18F3N3O.BrH/c1-32-18-9-10-21-20(14-18)19-11-13-31(15-16-5-7-17(8-6-16)25(26,27)28)24(23(19)30-21)22-4-2-3-12-29-22;/h2-14H,15H2,1H3;1H. The van der Waals surface area contributed by atoms with E-state index in [-0.39, 0.29) is 17.0 Å². The minimum atomic E-state index is -4.35. The fourth-order valence-corrected chi connectivity index (χ4v) is 3.97. The van der Waals surface area contributed by atoms with Gasteiger partial charge in [-0.15, -0.1) is 0 Å². The lowest BCUT2D eigenvalue weighted by molar-refractivity contribution is -0.676. The average molecular weight is 514 g/mol. The van der Waals surface area contributed by atoms with E-state index in [1.54, 1.807) is 13.3 Å². The molecule has 3 heterocycles.